The average Bonchev–Trinajstić information content (AvgIpc) is 3.11. The van der Waals surface area contributed by atoms with E-state index in [1.165, 1.54) is 12.8 Å². The van der Waals surface area contributed by atoms with E-state index >= 15 is 0 Å². The molecule has 1 aromatic heterocycles. The van der Waals surface area contributed by atoms with Gasteiger partial charge in [0.05, 0.1) is 23.5 Å². The summed E-state index contributed by atoms with van der Waals surface area (Å²) in [5, 5.41) is 2.91. The zero-order valence-electron chi connectivity index (χ0n) is 17.7. The fraction of sp³-hybridized carbons (Fsp3) is 0.435. The number of carbonyl (C=O) groups excluding carboxylic acids is 2. The summed E-state index contributed by atoms with van der Waals surface area (Å²) in [4.78, 5) is 36.8. The van der Waals surface area contributed by atoms with Gasteiger partial charge in [0.25, 0.3) is 5.91 Å². The van der Waals surface area contributed by atoms with Gasteiger partial charge in [-0.2, -0.15) is 0 Å². The fourth-order valence-corrected chi connectivity index (χ4v) is 4.37. The SMILES string of the molecule is CCN(CCC1CCCN1C)CC(=O)N1c2ccccc2NC(=O)c2cccnc21. The number of aromatic nitrogens is 1. The third kappa shape index (κ3) is 4.08. The van der Waals surface area contributed by atoms with E-state index in [-0.39, 0.29) is 18.4 Å². The van der Waals surface area contributed by atoms with Gasteiger partial charge < -0.3 is 10.2 Å². The lowest BCUT2D eigenvalue weighted by molar-refractivity contribution is -0.119. The molecule has 2 aliphatic rings. The van der Waals surface area contributed by atoms with Crippen LogP contribution in [0.1, 0.15) is 36.5 Å². The zero-order valence-corrected chi connectivity index (χ0v) is 17.7. The van der Waals surface area contributed by atoms with Gasteiger partial charge in [0.1, 0.15) is 0 Å². The number of rotatable bonds is 6. The molecule has 0 radical (unpaired) electrons. The number of hydrogen-bond acceptors (Lipinski definition) is 5. The number of amides is 2. The van der Waals surface area contributed by atoms with Crippen molar-refractivity contribution in [3.05, 3.63) is 48.2 Å². The Morgan fingerprint density at radius 1 is 1.27 bits per heavy atom. The second-order valence-electron chi connectivity index (χ2n) is 8.01. The summed E-state index contributed by atoms with van der Waals surface area (Å²) in [5.41, 5.74) is 1.67. The molecule has 1 aromatic carbocycles. The van der Waals surface area contributed by atoms with Crippen molar-refractivity contribution in [2.75, 3.05) is 43.4 Å². The molecule has 1 unspecified atom stereocenters. The number of anilines is 3. The van der Waals surface area contributed by atoms with Gasteiger partial charge in [-0.05, 0) is 63.7 Å². The minimum absolute atomic E-state index is 0.0828. The third-order valence-electron chi connectivity index (χ3n) is 6.14. The predicted octanol–water partition coefficient (Wildman–Crippen LogP) is 3.12. The van der Waals surface area contributed by atoms with Crippen molar-refractivity contribution >= 4 is 29.0 Å². The van der Waals surface area contributed by atoms with Gasteiger partial charge in [-0.15, -0.1) is 0 Å². The fourth-order valence-electron chi connectivity index (χ4n) is 4.37. The van der Waals surface area contributed by atoms with Crippen molar-refractivity contribution in [2.45, 2.75) is 32.2 Å². The Morgan fingerprint density at radius 3 is 2.87 bits per heavy atom. The van der Waals surface area contributed by atoms with E-state index in [9.17, 15) is 9.59 Å². The summed E-state index contributed by atoms with van der Waals surface area (Å²) in [5.74, 6) is 0.0505. The number of hydrogen-bond donors (Lipinski definition) is 1. The van der Waals surface area contributed by atoms with Crippen molar-refractivity contribution in [1.82, 2.24) is 14.8 Å². The molecule has 2 aromatic rings. The first-order valence-corrected chi connectivity index (χ1v) is 10.7. The van der Waals surface area contributed by atoms with Gasteiger partial charge in [0.2, 0.25) is 5.91 Å². The van der Waals surface area contributed by atoms with Crippen LogP contribution in [0.4, 0.5) is 17.2 Å². The Labute approximate surface area is 177 Å². The highest BCUT2D eigenvalue weighted by molar-refractivity contribution is 6.17. The maximum Gasteiger partial charge on any atom is 0.259 e. The minimum atomic E-state index is -0.252. The smallest absolute Gasteiger partial charge is 0.259 e. The number of fused-ring (bicyclic) bond motifs is 2. The number of para-hydroxylation sites is 2. The highest BCUT2D eigenvalue weighted by Gasteiger charge is 2.31. The molecule has 1 N–H and O–H groups in total. The highest BCUT2D eigenvalue weighted by atomic mass is 16.2. The molecule has 4 rings (SSSR count). The van der Waals surface area contributed by atoms with E-state index in [1.807, 2.05) is 24.3 Å². The van der Waals surface area contributed by atoms with E-state index in [0.717, 1.165) is 26.1 Å². The van der Waals surface area contributed by atoms with Crippen LogP contribution in [-0.4, -0.2) is 65.9 Å². The molecular formula is C23H29N5O2. The number of carbonyl (C=O) groups is 2. The van der Waals surface area contributed by atoms with Gasteiger partial charge in [0, 0.05) is 18.8 Å². The normalized spacial score (nSPS) is 18.7. The Kier molecular flexibility index (Phi) is 6.11. The Morgan fingerprint density at radius 2 is 2.10 bits per heavy atom. The van der Waals surface area contributed by atoms with Crippen LogP contribution in [0.2, 0.25) is 0 Å². The molecule has 2 aliphatic heterocycles. The van der Waals surface area contributed by atoms with Crippen LogP contribution in [-0.2, 0) is 4.79 Å². The summed E-state index contributed by atoms with van der Waals surface area (Å²) in [6.07, 6.45) is 5.16. The van der Waals surface area contributed by atoms with Crippen molar-refractivity contribution in [1.29, 1.82) is 0 Å². The van der Waals surface area contributed by atoms with Crippen LogP contribution >= 0.6 is 0 Å². The van der Waals surface area contributed by atoms with Crippen LogP contribution in [0.5, 0.6) is 0 Å². The molecular weight excluding hydrogens is 378 g/mol. The molecule has 1 saturated heterocycles. The number of benzene rings is 1. The van der Waals surface area contributed by atoms with Gasteiger partial charge in [0.15, 0.2) is 5.82 Å². The largest absolute Gasteiger partial charge is 0.320 e. The minimum Gasteiger partial charge on any atom is -0.320 e. The maximum absolute atomic E-state index is 13.5. The summed E-state index contributed by atoms with van der Waals surface area (Å²) in [6.45, 7) is 5.19. The van der Waals surface area contributed by atoms with Crippen LogP contribution in [0.25, 0.3) is 0 Å². The summed E-state index contributed by atoms with van der Waals surface area (Å²) in [7, 11) is 2.18. The molecule has 0 spiro atoms. The van der Waals surface area contributed by atoms with E-state index in [0.29, 0.717) is 28.8 Å². The average molecular weight is 408 g/mol. The van der Waals surface area contributed by atoms with Crippen molar-refractivity contribution in [3.63, 3.8) is 0 Å². The Hall–Kier alpha value is -2.77. The molecule has 7 heteroatoms. The molecule has 0 bridgehead atoms. The molecule has 158 valence electrons. The van der Waals surface area contributed by atoms with E-state index in [1.54, 1.807) is 23.2 Å². The van der Waals surface area contributed by atoms with E-state index in [4.69, 9.17) is 0 Å². The zero-order chi connectivity index (χ0) is 21.1. The van der Waals surface area contributed by atoms with E-state index < -0.39 is 0 Å². The second-order valence-corrected chi connectivity index (χ2v) is 8.01. The van der Waals surface area contributed by atoms with Crippen LogP contribution in [0, 0.1) is 0 Å². The standard InChI is InChI=1S/C23H29N5O2/c1-3-27(15-12-17-8-7-14-26(17)2)16-21(29)28-20-11-5-4-10-19(20)25-23(30)18-9-6-13-24-22(18)28/h4-6,9-11,13,17H,3,7-8,12,14-16H2,1-2H3,(H,25,30). The Bertz CT molecular complexity index is 931. The number of pyridine rings is 1. The van der Waals surface area contributed by atoms with Crippen LogP contribution < -0.4 is 10.2 Å². The van der Waals surface area contributed by atoms with Crippen molar-refractivity contribution in [3.8, 4) is 0 Å². The number of nitrogens with one attached hydrogen (secondary N) is 1. The lowest BCUT2D eigenvalue weighted by atomic mass is 10.1. The lowest BCUT2D eigenvalue weighted by Gasteiger charge is -2.28. The van der Waals surface area contributed by atoms with E-state index in [2.05, 4.69) is 34.1 Å². The molecule has 3 heterocycles. The second kappa shape index (κ2) is 8.93. The summed E-state index contributed by atoms with van der Waals surface area (Å²) >= 11 is 0. The van der Waals surface area contributed by atoms with Gasteiger partial charge in [-0.3, -0.25) is 19.4 Å². The van der Waals surface area contributed by atoms with Crippen LogP contribution in [0.15, 0.2) is 42.6 Å². The van der Waals surface area contributed by atoms with Gasteiger partial charge in [-0.25, -0.2) is 4.98 Å². The first kappa shape index (κ1) is 20.5. The molecule has 7 nitrogen and oxygen atoms in total. The highest BCUT2D eigenvalue weighted by Crippen LogP contribution is 2.36. The molecule has 1 atom stereocenters. The molecule has 1 fully saturated rings. The maximum atomic E-state index is 13.5. The van der Waals surface area contributed by atoms with Gasteiger partial charge in [-0.1, -0.05) is 19.1 Å². The number of likely N-dealkylation sites (tertiary alicyclic amines) is 1. The summed E-state index contributed by atoms with van der Waals surface area (Å²) in [6, 6.07) is 11.4. The first-order chi connectivity index (χ1) is 14.6. The third-order valence-corrected chi connectivity index (χ3v) is 6.14. The first-order valence-electron chi connectivity index (χ1n) is 10.7. The predicted molar refractivity (Wildman–Crippen MR) is 118 cm³/mol. The monoisotopic (exact) mass is 407 g/mol. The molecule has 2 amide bonds. The van der Waals surface area contributed by atoms with Gasteiger partial charge >= 0.3 is 0 Å². The molecule has 30 heavy (non-hydrogen) atoms. The topological polar surface area (TPSA) is 68.8 Å². The van der Waals surface area contributed by atoms with Crippen molar-refractivity contribution < 1.29 is 9.59 Å². The number of likely N-dealkylation sites (N-methyl/N-ethyl adjacent to an activating group) is 1. The van der Waals surface area contributed by atoms with Crippen LogP contribution in [0.3, 0.4) is 0 Å². The summed E-state index contributed by atoms with van der Waals surface area (Å²) < 4.78 is 0. The Balaban J connectivity index is 1.58. The quantitative estimate of drug-likeness (QED) is 0.797. The molecule has 0 aliphatic carbocycles. The molecule has 0 saturated carbocycles. The van der Waals surface area contributed by atoms with Crippen molar-refractivity contribution in [2.24, 2.45) is 0 Å². The number of nitrogens with zero attached hydrogens (tertiary/aromatic N) is 4. The lowest BCUT2D eigenvalue weighted by Crippen LogP contribution is -2.40.